The first-order valence-corrected chi connectivity index (χ1v) is 6.40. The van der Waals surface area contributed by atoms with Gasteiger partial charge in [-0.25, -0.2) is 4.39 Å². The molecule has 6 heteroatoms. The summed E-state index contributed by atoms with van der Waals surface area (Å²) in [6, 6.07) is 3.85. The van der Waals surface area contributed by atoms with Crippen LogP contribution in [0, 0.1) is 15.9 Å². The van der Waals surface area contributed by atoms with E-state index in [1.165, 1.54) is 25.0 Å². The van der Waals surface area contributed by atoms with Crippen LogP contribution in [-0.4, -0.2) is 24.1 Å². The molecule has 0 radical (unpaired) electrons. The largest absolute Gasteiger partial charge is 0.375 e. The number of piperidine rings is 1. The fraction of sp³-hybridized carbons (Fsp3) is 0.538. The van der Waals surface area contributed by atoms with E-state index in [9.17, 15) is 14.5 Å². The van der Waals surface area contributed by atoms with Gasteiger partial charge in [-0.3, -0.25) is 10.1 Å². The van der Waals surface area contributed by atoms with Crippen LogP contribution >= 0.6 is 0 Å². The van der Waals surface area contributed by atoms with Gasteiger partial charge in [0.2, 0.25) is 0 Å². The summed E-state index contributed by atoms with van der Waals surface area (Å²) in [6.45, 7) is 1.74. The number of nitrogens with zero attached hydrogens (tertiary/aromatic N) is 1. The SMILES string of the molecule is O=[N+]([O-])c1cc(F)cc(COCC2CCCCN2)c1. The van der Waals surface area contributed by atoms with Crippen molar-refractivity contribution in [1.29, 1.82) is 0 Å². The lowest BCUT2D eigenvalue weighted by Crippen LogP contribution is -2.37. The molecular formula is C13H17FN2O3. The summed E-state index contributed by atoms with van der Waals surface area (Å²) in [7, 11) is 0. The highest BCUT2D eigenvalue weighted by atomic mass is 19.1. The molecular weight excluding hydrogens is 251 g/mol. The summed E-state index contributed by atoms with van der Waals surface area (Å²) < 4.78 is 18.7. The van der Waals surface area contributed by atoms with Gasteiger partial charge >= 0.3 is 0 Å². The average molecular weight is 268 g/mol. The second-order valence-corrected chi connectivity index (χ2v) is 4.74. The lowest BCUT2D eigenvalue weighted by Gasteiger charge is -2.23. The minimum atomic E-state index is -0.608. The van der Waals surface area contributed by atoms with Crippen LogP contribution in [0.25, 0.3) is 0 Å². The molecule has 0 aromatic heterocycles. The molecule has 1 atom stereocenters. The van der Waals surface area contributed by atoms with Gasteiger partial charge in [0.15, 0.2) is 0 Å². The van der Waals surface area contributed by atoms with Gasteiger partial charge in [-0.05, 0) is 31.0 Å². The molecule has 1 fully saturated rings. The average Bonchev–Trinajstić information content (AvgIpc) is 2.39. The van der Waals surface area contributed by atoms with E-state index in [4.69, 9.17) is 4.74 Å². The Morgan fingerprint density at radius 2 is 2.26 bits per heavy atom. The van der Waals surface area contributed by atoms with Crippen LogP contribution in [0.2, 0.25) is 0 Å². The zero-order valence-electron chi connectivity index (χ0n) is 10.6. The Hall–Kier alpha value is -1.53. The van der Waals surface area contributed by atoms with E-state index >= 15 is 0 Å². The molecule has 1 N–H and O–H groups in total. The lowest BCUT2D eigenvalue weighted by atomic mass is 10.1. The Morgan fingerprint density at radius 1 is 1.42 bits per heavy atom. The fourth-order valence-corrected chi connectivity index (χ4v) is 2.21. The smallest absolute Gasteiger partial charge is 0.272 e. The molecule has 2 rings (SSSR count). The molecule has 0 bridgehead atoms. The normalized spacial score (nSPS) is 19.3. The second-order valence-electron chi connectivity index (χ2n) is 4.74. The molecule has 0 aliphatic carbocycles. The van der Waals surface area contributed by atoms with E-state index in [0.717, 1.165) is 19.0 Å². The summed E-state index contributed by atoms with van der Waals surface area (Å²) in [5.74, 6) is -0.608. The zero-order chi connectivity index (χ0) is 13.7. The first-order chi connectivity index (χ1) is 9.15. The molecule has 1 unspecified atom stereocenters. The minimum Gasteiger partial charge on any atom is -0.375 e. The summed E-state index contributed by atoms with van der Waals surface area (Å²) in [4.78, 5) is 10.0. The highest BCUT2D eigenvalue weighted by Gasteiger charge is 2.13. The number of benzene rings is 1. The van der Waals surface area contributed by atoms with Gasteiger partial charge in [-0.2, -0.15) is 0 Å². The van der Waals surface area contributed by atoms with Crippen molar-refractivity contribution >= 4 is 5.69 Å². The molecule has 19 heavy (non-hydrogen) atoms. The van der Waals surface area contributed by atoms with Crippen LogP contribution in [0.5, 0.6) is 0 Å². The standard InChI is InChI=1S/C13H17FN2O3/c14-11-5-10(6-13(7-11)16(17)18)8-19-9-12-3-1-2-4-15-12/h5-7,12,15H,1-4,8-9H2. The number of nitrogens with one attached hydrogen (secondary N) is 1. The van der Waals surface area contributed by atoms with Gasteiger partial charge in [0.05, 0.1) is 24.2 Å². The molecule has 1 aliphatic rings. The maximum absolute atomic E-state index is 13.2. The molecule has 104 valence electrons. The van der Waals surface area contributed by atoms with E-state index < -0.39 is 10.7 Å². The minimum absolute atomic E-state index is 0.191. The van der Waals surface area contributed by atoms with Crippen molar-refractivity contribution < 1.29 is 14.1 Å². The molecule has 1 aromatic carbocycles. The third kappa shape index (κ3) is 4.25. The molecule has 5 nitrogen and oxygen atoms in total. The van der Waals surface area contributed by atoms with Crippen molar-refractivity contribution in [3.63, 3.8) is 0 Å². The van der Waals surface area contributed by atoms with Crippen LogP contribution in [0.3, 0.4) is 0 Å². The highest BCUT2D eigenvalue weighted by molar-refractivity contribution is 5.34. The zero-order valence-corrected chi connectivity index (χ0v) is 10.6. The predicted molar refractivity (Wildman–Crippen MR) is 68.4 cm³/mol. The number of non-ortho nitro benzene ring substituents is 1. The first kappa shape index (κ1) is 13.9. The van der Waals surface area contributed by atoms with Crippen molar-refractivity contribution in [3.8, 4) is 0 Å². The van der Waals surface area contributed by atoms with Crippen molar-refractivity contribution in [2.24, 2.45) is 0 Å². The Balaban J connectivity index is 1.86. The molecule has 0 spiro atoms. The summed E-state index contributed by atoms with van der Waals surface area (Å²) in [5, 5.41) is 14.0. The number of nitro groups is 1. The highest BCUT2D eigenvalue weighted by Crippen LogP contribution is 2.17. The Bertz CT molecular complexity index is 448. The molecule has 1 aromatic rings. The van der Waals surface area contributed by atoms with E-state index in [0.29, 0.717) is 18.2 Å². The van der Waals surface area contributed by atoms with Gasteiger partial charge in [0.25, 0.3) is 5.69 Å². The molecule has 1 saturated heterocycles. The van der Waals surface area contributed by atoms with Crippen molar-refractivity contribution in [2.75, 3.05) is 13.2 Å². The Kier molecular flexibility index (Phi) is 4.81. The second kappa shape index (κ2) is 6.58. The lowest BCUT2D eigenvalue weighted by molar-refractivity contribution is -0.385. The van der Waals surface area contributed by atoms with Crippen LogP contribution in [-0.2, 0) is 11.3 Å². The van der Waals surface area contributed by atoms with Crippen LogP contribution in [0.1, 0.15) is 24.8 Å². The number of ether oxygens (including phenoxy) is 1. The number of nitro benzene ring substituents is 1. The monoisotopic (exact) mass is 268 g/mol. The van der Waals surface area contributed by atoms with Crippen molar-refractivity contribution in [1.82, 2.24) is 5.32 Å². The van der Waals surface area contributed by atoms with Crippen LogP contribution in [0.4, 0.5) is 10.1 Å². The van der Waals surface area contributed by atoms with Crippen LogP contribution in [0.15, 0.2) is 18.2 Å². The van der Waals surface area contributed by atoms with Gasteiger partial charge in [-0.15, -0.1) is 0 Å². The van der Waals surface area contributed by atoms with E-state index in [2.05, 4.69) is 5.32 Å². The molecule has 0 amide bonds. The third-order valence-electron chi connectivity index (χ3n) is 3.15. The van der Waals surface area contributed by atoms with Crippen molar-refractivity contribution in [3.05, 3.63) is 39.7 Å². The van der Waals surface area contributed by atoms with E-state index in [1.807, 2.05) is 0 Å². The van der Waals surface area contributed by atoms with Crippen LogP contribution < -0.4 is 5.32 Å². The summed E-state index contributed by atoms with van der Waals surface area (Å²) in [6.07, 6.45) is 3.45. The number of hydrogen-bond acceptors (Lipinski definition) is 4. The van der Waals surface area contributed by atoms with Crippen molar-refractivity contribution in [2.45, 2.75) is 31.9 Å². The predicted octanol–water partition coefficient (Wildman–Crippen LogP) is 2.39. The number of halogens is 1. The van der Waals surface area contributed by atoms with Gasteiger partial charge in [0.1, 0.15) is 5.82 Å². The third-order valence-corrected chi connectivity index (χ3v) is 3.15. The van der Waals surface area contributed by atoms with E-state index in [-0.39, 0.29) is 12.3 Å². The number of hydrogen-bond donors (Lipinski definition) is 1. The van der Waals surface area contributed by atoms with Gasteiger partial charge in [0, 0.05) is 12.1 Å². The maximum atomic E-state index is 13.2. The molecule has 1 heterocycles. The first-order valence-electron chi connectivity index (χ1n) is 6.40. The quantitative estimate of drug-likeness (QED) is 0.658. The van der Waals surface area contributed by atoms with E-state index in [1.54, 1.807) is 0 Å². The Labute approximate surface area is 110 Å². The fourth-order valence-electron chi connectivity index (χ4n) is 2.21. The Morgan fingerprint density at radius 3 is 2.95 bits per heavy atom. The summed E-state index contributed by atoms with van der Waals surface area (Å²) >= 11 is 0. The maximum Gasteiger partial charge on any atom is 0.272 e. The summed E-state index contributed by atoms with van der Waals surface area (Å²) in [5.41, 5.74) is 0.247. The van der Waals surface area contributed by atoms with Gasteiger partial charge < -0.3 is 10.1 Å². The topological polar surface area (TPSA) is 64.4 Å². The van der Waals surface area contributed by atoms with Gasteiger partial charge in [-0.1, -0.05) is 6.42 Å². The number of rotatable bonds is 5. The molecule has 1 aliphatic heterocycles. The molecule has 0 saturated carbocycles.